The second kappa shape index (κ2) is 16.1. The summed E-state index contributed by atoms with van der Waals surface area (Å²) in [7, 11) is 0. The molecule has 0 atom stereocenters. The van der Waals surface area contributed by atoms with Gasteiger partial charge in [-0.25, -0.2) is 19.1 Å². The van der Waals surface area contributed by atoms with Crippen molar-refractivity contribution < 1.29 is 14.3 Å². The van der Waals surface area contributed by atoms with Crippen LogP contribution in [0.2, 0.25) is 30.1 Å². The molecule has 0 spiro atoms. The number of amides is 1. The molecule has 3 aromatic heterocycles. The zero-order valence-corrected chi connectivity index (χ0v) is 33.3. The van der Waals surface area contributed by atoms with Gasteiger partial charge in [0, 0.05) is 61.2 Å². The molecule has 0 unspecified atom stereocenters. The van der Waals surface area contributed by atoms with Crippen LogP contribution in [-0.4, -0.2) is 36.4 Å². The summed E-state index contributed by atoms with van der Waals surface area (Å²) in [5.74, 6) is -1.11. The first kappa shape index (κ1) is 38.4. The van der Waals surface area contributed by atoms with Gasteiger partial charge < -0.3 is 10.1 Å². The molecule has 0 fully saturated rings. The molecule has 1 N–H and O–H groups in total. The standard InChI is InChI=1S/C40H26Cl6N6O3/c1-21-35(49-51(32-14-12-28(43)17-30(32)45)37(21)24-4-8-26(41)9-5-24)39(53)48-20-23-3-16-34(47-19-23)55-40(54)36-22(2)38(25-6-10-27(42)11-7-25)52(50-36)33-15-13-29(44)18-31(33)46/h3-19H,20H2,1-2H3,(H,48,53). The molecule has 276 valence electrons. The fourth-order valence-electron chi connectivity index (χ4n) is 5.93. The van der Waals surface area contributed by atoms with Gasteiger partial charge in [-0.3, -0.25) is 4.79 Å². The van der Waals surface area contributed by atoms with E-state index in [0.29, 0.717) is 69.6 Å². The summed E-state index contributed by atoms with van der Waals surface area (Å²) in [4.78, 5) is 31.4. The van der Waals surface area contributed by atoms with E-state index < -0.39 is 11.9 Å². The average Bonchev–Trinajstić information content (AvgIpc) is 3.68. The van der Waals surface area contributed by atoms with Crippen LogP contribution in [-0.2, 0) is 6.54 Å². The summed E-state index contributed by atoms with van der Waals surface area (Å²) in [6.07, 6.45) is 1.50. The van der Waals surface area contributed by atoms with E-state index in [9.17, 15) is 9.59 Å². The second-order valence-corrected chi connectivity index (χ2v) is 14.8. The number of rotatable bonds is 9. The van der Waals surface area contributed by atoms with Gasteiger partial charge in [-0.2, -0.15) is 10.2 Å². The summed E-state index contributed by atoms with van der Waals surface area (Å²) in [5.41, 5.74) is 5.94. The number of esters is 1. The molecule has 4 aromatic carbocycles. The van der Waals surface area contributed by atoms with Crippen LogP contribution in [0.1, 0.15) is 37.7 Å². The number of hydrogen-bond acceptors (Lipinski definition) is 6. The van der Waals surface area contributed by atoms with Crippen LogP contribution in [0.3, 0.4) is 0 Å². The van der Waals surface area contributed by atoms with Crippen LogP contribution in [0, 0.1) is 13.8 Å². The number of nitrogens with one attached hydrogen (secondary N) is 1. The first-order chi connectivity index (χ1) is 26.4. The van der Waals surface area contributed by atoms with Crippen molar-refractivity contribution in [3.8, 4) is 39.8 Å². The van der Waals surface area contributed by atoms with Crippen molar-refractivity contribution in [1.29, 1.82) is 0 Å². The van der Waals surface area contributed by atoms with Crippen molar-refractivity contribution >= 4 is 81.5 Å². The molecule has 55 heavy (non-hydrogen) atoms. The van der Waals surface area contributed by atoms with Crippen molar-refractivity contribution in [1.82, 2.24) is 29.9 Å². The number of hydrogen-bond donors (Lipinski definition) is 1. The number of nitrogens with zero attached hydrogens (tertiary/aromatic N) is 5. The number of benzene rings is 4. The molecule has 0 radical (unpaired) electrons. The number of halogens is 6. The Morgan fingerprint density at radius 1 is 0.618 bits per heavy atom. The van der Waals surface area contributed by atoms with Crippen molar-refractivity contribution in [3.05, 3.63) is 161 Å². The molecule has 0 saturated carbocycles. The van der Waals surface area contributed by atoms with Crippen molar-refractivity contribution in [2.75, 3.05) is 0 Å². The van der Waals surface area contributed by atoms with E-state index in [-0.39, 0.29) is 23.8 Å². The largest absolute Gasteiger partial charge is 0.403 e. The predicted octanol–water partition coefficient (Wildman–Crippen LogP) is 11.5. The maximum Gasteiger partial charge on any atom is 0.365 e. The van der Waals surface area contributed by atoms with Crippen molar-refractivity contribution in [2.24, 2.45) is 0 Å². The molecule has 0 aliphatic rings. The summed E-state index contributed by atoms with van der Waals surface area (Å²) in [5, 5.41) is 14.9. The van der Waals surface area contributed by atoms with Crippen LogP contribution >= 0.6 is 69.6 Å². The van der Waals surface area contributed by atoms with E-state index >= 15 is 0 Å². The Kier molecular flexibility index (Phi) is 11.2. The molecule has 1 amide bonds. The lowest BCUT2D eigenvalue weighted by Gasteiger charge is -2.11. The summed E-state index contributed by atoms with van der Waals surface area (Å²) < 4.78 is 8.84. The minimum atomic E-state index is -0.728. The van der Waals surface area contributed by atoms with Crippen LogP contribution in [0.5, 0.6) is 5.88 Å². The van der Waals surface area contributed by atoms with Gasteiger partial charge in [0.1, 0.15) is 0 Å². The lowest BCUT2D eigenvalue weighted by Crippen LogP contribution is -2.24. The smallest absolute Gasteiger partial charge is 0.365 e. The third-order valence-electron chi connectivity index (χ3n) is 8.61. The highest BCUT2D eigenvalue weighted by Gasteiger charge is 2.26. The van der Waals surface area contributed by atoms with Gasteiger partial charge in [0.15, 0.2) is 11.4 Å². The minimum absolute atomic E-state index is 0.0358. The lowest BCUT2D eigenvalue weighted by atomic mass is 10.1. The molecule has 7 aromatic rings. The van der Waals surface area contributed by atoms with Crippen LogP contribution in [0.15, 0.2) is 103 Å². The highest BCUT2D eigenvalue weighted by Crippen LogP contribution is 2.35. The molecular formula is C40H26Cl6N6O3. The molecule has 7 rings (SSSR count). The van der Waals surface area contributed by atoms with Gasteiger partial charge in [-0.15, -0.1) is 0 Å². The Balaban J connectivity index is 1.10. The number of carbonyl (C=O) groups is 2. The van der Waals surface area contributed by atoms with Gasteiger partial charge in [0.25, 0.3) is 5.91 Å². The van der Waals surface area contributed by atoms with E-state index in [2.05, 4.69) is 20.5 Å². The number of ether oxygens (including phenoxy) is 1. The van der Waals surface area contributed by atoms with Gasteiger partial charge in [-0.05, 0) is 80.1 Å². The third kappa shape index (κ3) is 8.09. The summed E-state index contributed by atoms with van der Waals surface area (Å²) in [6.45, 7) is 3.69. The Morgan fingerprint density at radius 2 is 1.09 bits per heavy atom. The fraction of sp³-hybridized carbons (Fsp3) is 0.0750. The lowest BCUT2D eigenvalue weighted by molar-refractivity contribution is 0.0719. The second-order valence-electron chi connectivity index (χ2n) is 12.3. The van der Waals surface area contributed by atoms with Gasteiger partial charge in [0.05, 0.1) is 32.8 Å². The van der Waals surface area contributed by atoms with Crippen molar-refractivity contribution in [2.45, 2.75) is 20.4 Å². The van der Waals surface area contributed by atoms with E-state index in [0.717, 1.165) is 11.1 Å². The Labute approximate surface area is 345 Å². The maximum absolute atomic E-state index is 13.6. The predicted molar refractivity (Wildman–Crippen MR) is 218 cm³/mol. The molecule has 0 saturated heterocycles. The van der Waals surface area contributed by atoms with E-state index in [1.165, 1.54) is 12.3 Å². The van der Waals surface area contributed by atoms with Crippen LogP contribution in [0.25, 0.3) is 33.9 Å². The zero-order valence-electron chi connectivity index (χ0n) is 28.8. The summed E-state index contributed by atoms with van der Waals surface area (Å²) >= 11 is 37.7. The highest BCUT2D eigenvalue weighted by molar-refractivity contribution is 6.36. The Morgan fingerprint density at radius 3 is 1.56 bits per heavy atom. The van der Waals surface area contributed by atoms with E-state index in [1.54, 1.807) is 83.0 Å². The highest BCUT2D eigenvalue weighted by atomic mass is 35.5. The summed E-state index contributed by atoms with van der Waals surface area (Å²) in [6, 6.07) is 27.6. The van der Waals surface area contributed by atoms with E-state index in [1.807, 2.05) is 31.2 Å². The molecule has 15 heteroatoms. The molecule has 0 bridgehead atoms. The SMILES string of the molecule is Cc1c(C(=O)NCc2ccc(OC(=O)c3nn(-c4ccc(Cl)cc4Cl)c(-c4ccc(Cl)cc4)c3C)nc2)nn(-c2ccc(Cl)cc2Cl)c1-c1ccc(Cl)cc1. The fourth-order valence-corrected chi connectivity index (χ4v) is 7.16. The zero-order chi connectivity index (χ0) is 39.0. The molecule has 0 aliphatic carbocycles. The molecule has 0 aliphatic heterocycles. The van der Waals surface area contributed by atoms with Gasteiger partial charge in [0.2, 0.25) is 5.88 Å². The first-order valence-corrected chi connectivity index (χ1v) is 18.7. The molecule has 3 heterocycles. The molecule has 9 nitrogen and oxygen atoms in total. The van der Waals surface area contributed by atoms with Crippen LogP contribution in [0.4, 0.5) is 0 Å². The number of carbonyl (C=O) groups excluding carboxylic acids is 2. The maximum atomic E-state index is 13.6. The quantitative estimate of drug-likeness (QED) is 0.145. The normalized spacial score (nSPS) is 11.1. The van der Waals surface area contributed by atoms with Crippen molar-refractivity contribution in [3.63, 3.8) is 0 Å². The Bertz CT molecular complexity index is 2590. The average molecular weight is 851 g/mol. The minimum Gasteiger partial charge on any atom is -0.403 e. The topological polar surface area (TPSA) is 104 Å². The molecular weight excluding hydrogens is 825 g/mol. The monoisotopic (exact) mass is 848 g/mol. The first-order valence-electron chi connectivity index (χ1n) is 16.4. The third-order valence-corrected chi connectivity index (χ3v) is 10.2. The Hall–Kier alpha value is -4.87. The van der Waals surface area contributed by atoms with E-state index in [4.69, 9.17) is 74.3 Å². The number of pyridine rings is 1. The number of aromatic nitrogens is 5. The van der Waals surface area contributed by atoms with Gasteiger partial charge >= 0.3 is 5.97 Å². The van der Waals surface area contributed by atoms with Crippen LogP contribution < -0.4 is 10.1 Å². The van der Waals surface area contributed by atoms with Gasteiger partial charge in [-0.1, -0.05) is 99.9 Å².